The van der Waals surface area contributed by atoms with E-state index in [-0.39, 0.29) is 0 Å². The van der Waals surface area contributed by atoms with E-state index in [2.05, 4.69) is 125 Å². The molecule has 4 nitrogen and oxygen atoms in total. The molecular formula is C41H53N3O. The summed E-state index contributed by atoms with van der Waals surface area (Å²) < 4.78 is 13.3. The van der Waals surface area contributed by atoms with E-state index in [1.807, 2.05) is 0 Å². The van der Waals surface area contributed by atoms with Gasteiger partial charge in [-0.05, 0) is 152 Å². The summed E-state index contributed by atoms with van der Waals surface area (Å²) in [6.45, 7) is 35.9. The smallest absolute Gasteiger partial charge is 0.148 e. The van der Waals surface area contributed by atoms with Gasteiger partial charge >= 0.3 is 0 Å². The average molecular weight is 604 g/mol. The third-order valence-corrected chi connectivity index (χ3v) is 14.9. The van der Waals surface area contributed by atoms with E-state index in [9.17, 15) is 0 Å². The first-order chi connectivity index (χ1) is 20.9. The van der Waals surface area contributed by atoms with Crippen molar-refractivity contribution in [1.82, 2.24) is 14.0 Å². The molecular weight excluding hydrogens is 550 g/mol. The van der Waals surface area contributed by atoms with Crippen LogP contribution in [0.5, 0.6) is 0 Å². The van der Waals surface area contributed by atoms with Crippen LogP contribution in [-0.4, -0.2) is 21.1 Å². The minimum absolute atomic E-state index is 0.313. The zero-order chi connectivity index (χ0) is 32.7. The van der Waals surface area contributed by atoms with Gasteiger partial charge in [0.2, 0.25) is 0 Å². The Morgan fingerprint density at radius 2 is 0.800 bits per heavy atom. The molecule has 2 bridgehead atoms. The fourth-order valence-corrected chi connectivity index (χ4v) is 10.7. The molecule has 1 fully saturated rings. The van der Waals surface area contributed by atoms with Crippen molar-refractivity contribution < 1.29 is 4.74 Å². The maximum atomic E-state index is 7.86. The molecule has 0 saturated carbocycles. The highest BCUT2D eigenvalue weighted by Crippen LogP contribution is 2.62. The molecule has 238 valence electrons. The Morgan fingerprint density at radius 1 is 0.467 bits per heavy atom. The highest BCUT2D eigenvalue weighted by Gasteiger charge is 2.58. The molecule has 1 saturated heterocycles. The Balaban J connectivity index is 1.86. The van der Waals surface area contributed by atoms with Gasteiger partial charge < -0.3 is 13.9 Å². The number of nitrogens with zero attached hydrogens (tertiary/aromatic N) is 3. The third kappa shape index (κ3) is 2.92. The first kappa shape index (κ1) is 29.6. The summed E-state index contributed by atoms with van der Waals surface area (Å²) in [5.74, 6) is 1.11. The predicted octanol–water partition coefficient (Wildman–Crippen LogP) is 10.7. The van der Waals surface area contributed by atoms with Crippen LogP contribution < -0.4 is 0 Å². The molecule has 0 N–H and O–H groups in total. The first-order valence-electron chi connectivity index (χ1n) is 17.4. The number of hydrogen-bond donors (Lipinski definition) is 0. The van der Waals surface area contributed by atoms with Crippen LogP contribution in [0.1, 0.15) is 116 Å². The molecule has 0 spiro atoms. The zero-order valence-corrected chi connectivity index (χ0v) is 30.6. The Bertz CT molecular complexity index is 2060. The molecule has 3 aliphatic rings. The number of fused-ring (bicyclic) bond motifs is 13. The maximum Gasteiger partial charge on any atom is 0.148 e. The van der Waals surface area contributed by atoms with Crippen LogP contribution in [0.4, 0.5) is 0 Å². The molecule has 3 aliphatic heterocycles. The summed E-state index contributed by atoms with van der Waals surface area (Å²) in [6.07, 6.45) is 0. The number of aryl methyl sites for hydroxylation is 4. The summed E-state index contributed by atoms with van der Waals surface area (Å²) in [5.41, 5.74) is 18.9. The molecule has 6 atom stereocenters. The summed E-state index contributed by atoms with van der Waals surface area (Å²) >= 11 is 0. The molecule has 3 aromatic carbocycles. The minimum Gasteiger partial charge on any atom is -0.329 e. The van der Waals surface area contributed by atoms with Gasteiger partial charge in [-0.15, -0.1) is 0 Å². The van der Waals surface area contributed by atoms with Gasteiger partial charge in [0.05, 0.1) is 22.1 Å². The van der Waals surface area contributed by atoms with Crippen LogP contribution in [0.25, 0.3) is 43.6 Å². The SMILES string of the molecule is Cc1c(C)c(C)c2c(c1C)c1c3c(c4c5c(C)c(C)c(C)c(C)c5n5c4c1n2C1(C)OC5(C)C(C)C(C)C1C)C(C)N(C)C3C. The second-order valence-corrected chi connectivity index (χ2v) is 16.1. The Morgan fingerprint density at radius 3 is 1.16 bits per heavy atom. The molecule has 0 radical (unpaired) electrons. The lowest BCUT2D eigenvalue weighted by molar-refractivity contribution is -0.307. The molecule has 45 heavy (non-hydrogen) atoms. The molecule has 2 aromatic heterocycles. The van der Waals surface area contributed by atoms with Crippen molar-refractivity contribution in [3.8, 4) is 0 Å². The van der Waals surface area contributed by atoms with E-state index in [0.717, 1.165) is 0 Å². The monoisotopic (exact) mass is 603 g/mol. The van der Waals surface area contributed by atoms with Crippen LogP contribution in [0.2, 0.25) is 0 Å². The molecule has 8 rings (SSSR count). The van der Waals surface area contributed by atoms with Crippen LogP contribution in [0.15, 0.2) is 0 Å². The second kappa shape index (κ2) is 8.55. The van der Waals surface area contributed by atoms with Crippen LogP contribution >= 0.6 is 0 Å². The summed E-state index contributed by atoms with van der Waals surface area (Å²) in [4.78, 5) is 2.61. The van der Waals surface area contributed by atoms with E-state index < -0.39 is 11.4 Å². The van der Waals surface area contributed by atoms with E-state index in [4.69, 9.17) is 4.74 Å². The molecule has 0 aliphatic carbocycles. The zero-order valence-electron chi connectivity index (χ0n) is 30.6. The molecule has 6 unspecified atom stereocenters. The highest BCUT2D eigenvalue weighted by atomic mass is 16.6. The van der Waals surface area contributed by atoms with E-state index in [0.29, 0.717) is 29.8 Å². The van der Waals surface area contributed by atoms with E-state index in [1.165, 1.54) is 99.2 Å². The summed E-state index contributed by atoms with van der Waals surface area (Å²) in [5, 5.41) is 5.84. The van der Waals surface area contributed by atoms with Crippen molar-refractivity contribution in [2.24, 2.45) is 17.8 Å². The van der Waals surface area contributed by atoms with Crippen molar-refractivity contribution in [2.45, 2.75) is 127 Å². The second-order valence-electron chi connectivity index (χ2n) is 16.1. The molecule has 5 heterocycles. The molecule has 0 amide bonds. The summed E-state index contributed by atoms with van der Waals surface area (Å²) in [6, 6.07) is 0.627. The third-order valence-electron chi connectivity index (χ3n) is 14.9. The number of hydrogen-bond acceptors (Lipinski definition) is 2. The Labute approximate surface area is 269 Å². The van der Waals surface area contributed by atoms with Gasteiger partial charge in [-0.1, -0.05) is 20.8 Å². The lowest BCUT2D eigenvalue weighted by atomic mass is 9.71. The molecule has 5 aromatic rings. The predicted molar refractivity (Wildman–Crippen MR) is 191 cm³/mol. The van der Waals surface area contributed by atoms with Crippen molar-refractivity contribution in [1.29, 1.82) is 0 Å². The fraction of sp³-hybridized carbons (Fsp3) is 0.561. The quantitative estimate of drug-likeness (QED) is 0.176. The van der Waals surface area contributed by atoms with E-state index >= 15 is 0 Å². The van der Waals surface area contributed by atoms with Crippen LogP contribution in [0, 0.1) is 73.1 Å². The Kier molecular flexibility index (Phi) is 5.62. The van der Waals surface area contributed by atoms with Gasteiger partial charge in [-0.25, -0.2) is 0 Å². The normalized spacial score (nSPS) is 31.3. The number of ether oxygens (including phenoxy) is 1. The van der Waals surface area contributed by atoms with Gasteiger partial charge in [0.25, 0.3) is 0 Å². The van der Waals surface area contributed by atoms with Gasteiger partial charge in [-0.2, -0.15) is 0 Å². The molecule has 4 heteroatoms. The van der Waals surface area contributed by atoms with Crippen LogP contribution in [0.3, 0.4) is 0 Å². The standard InChI is InChI=1S/C41H53N3O/c1-17-19(3)23(7)36-30(21(17)5)34-32-28(12)42(16)29(13)33(32)35-31-22(6)18(2)20(4)24(8)37(31)44-39(35)38(34)43(36)40(14)26(10)25(9)27(11)41(44,15)45-40/h25-29H,1-16H3. The lowest BCUT2D eigenvalue weighted by Gasteiger charge is -2.55. The highest BCUT2D eigenvalue weighted by molar-refractivity contribution is 6.27. The van der Waals surface area contributed by atoms with Gasteiger partial charge in [0, 0.05) is 45.5 Å². The van der Waals surface area contributed by atoms with Crippen molar-refractivity contribution in [3.05, 3.63) is 55.6 Å². The average Bonchev–Trinajstić information content (AvgIpc) is 3.60. The van der Waals surface area contributed by atoms with Crippen molar-refractivity contribution in [3.63, 3.8) is 0 Å². The minimum atomic E-state index is -0.520. The largest absolute Gasteiger partial charge is 0.329 e. The number of benzene rings is 3. The first-order valence-corrected chi connectivity index (χ1v) is 17.4. The summed E-state index contributed by atoms with van der Waals surface area (Å²) in [7, 11) is 2.34. The van der Waals surface area contributed by atoms with Gasteiger partial charge in [0.15, 0.2) is 0 Å². The lowest BCUT2D eigenvalue weighted by Crippen LogP contribution is -2.58. The van der Waals surface area contributed by atoms with Crippen molar-refractivity contribution in [2.75, 3.05) is 7.05 Å². The maximum absolute atomic E-state index is 7.86. The Hall–Kier alpha value is -2.82. The van der Waals surface area contributed by atoms with Crippen molar-refractivity contribution >= 4 is 43.6 Å². The fourth-order valence-electron chi connectivity index (χ4n) is 10.7. The topological polar surface area (TPSA) is 22.3 Å². The van der Waals surface area contributed by atoms with Crippen LogP contribution in [-0.2, 0) is 16.2 Å². The van der Waals surface area contributed by atoms with E-state index in [1.54, 1.807) is 0 Å². The number of rotatable bonds is 0. The van der Waals surface area contributed by atoms with Gasteiger partial charge in [0.1, 0.15) is 11.4 Å². The van der Waals surface area contributed by atoms with Gasteiger partial charge in [-0.3, -0.25) is 4.90 Å². The number of aromatic nitrogens is 2.